The van der Waals surface area contributed by atoms with Gasteiger partial charge in [0.05, 0.1) is 5.69 Å². The van der Waals surface area contributed by atoms with Crippen LogP contribution in [0, 0.1) is 12.7 Å². The Kier molecular flexibility index (Phi) is 3.68. The van der Waals surface area contributed by atoms with Crippen molar-refractivity contribution in [3.8, 4) is 0 Å². The topological polar surface area (TPSA) is 37.8 Å². The summed E-state index contributed by atoms with van der Waals surface area (Å²) in [4.78, 5) is 8.99. The highest BCUT2D eigenvalue weighted by atomic mass is 32.1. The summed E-state index contributed by atoms with van der Waals surface area (Å²) in [5.74, 6) is -0.0907. The van der Waals surface area contributed by atoms with Gasteiger partial charge in [0.1, 0.15) is 6.33 Å². The maximum absolute atomic E-state index is 13.7. The first-order chi connectivity index (χ1) is 8.16. The SMILES string of the molecule is Cc1ncnc(NC(C)Cc2cccs2)c1F. The second-order valence-corrected chi connectivity index (χ2v) is 4.98. The lowest BCUT2D eigenvalue weighted by Gasteiger charge is -2.14. The van der Waals surface area contributed by atoms with Crippen LogP contribution in [0.3, 0.4) is 0 Å². The number of rotatable bonds is 4. The third kappa shape index (κ3) is 3.00. The van der Waals surface area contributed by atoms with Gasteiger partial charge in [0, 0.05) is 17.3 Å². The summed E-state index contributed by atoms with van der Waals surface area (Å²) in [6.07, 6.45) is 2.23. The standard InChI is InChI=1S/C12H14FN3S/c1-8(6-10-4-3-5-17-10)16-12-11(13)9(2)14-7-15-12/h3-5,7-8H,6H2,1-2H3,(H,14,15,16). The molecule has 3 nitrogen and oxygen atoms in total. The van der Waals surface area contributed by atoms with Crippen LogP contribution in [-0.4, -0.2) is 16.0 Å². The first-order valence-corrected chi connectivity index (χ1v) is 6.31. The average molecular weight is 251 g/mol. The van der Waals surface area contributed by atoms with Crippen LogP contribution in [0.5, 0.6) is 0 Å². The molecule has 0 aliphatic rings. The molecule has 0 aromatic carbocycles. The minimum absolute atomic E-state index is 0.137. The Morgan fingerprint density at radius 1 is 1.47 bits per heavy atom. The van der Waals surface area contributed by atoms with Crippen LogP contribution in [0.2, 0.25) is 0 Å². The summed E-state index contributed by atoms with van der Waals surface area (Å²) in [5.41, 5.74) is 0.367. The molecule has 0 radical (unpaired) electrons. The van der Waals surface area contributed by atoms with Crippen LogP contribution in [0.1, 0.15) is 17.5 Å². The fourth-order valence-electron chi connectivity index (χ4n) is 1.57. The van der Waals surface area contributed by atoms with Crippen molar-refractivity contribution in [2.75, 3.05) is 5.32 Å². The quantitative estimate of drug-likeness (QED) is 0.907. The van der Waals surface area contributed by atoms with E-state index < -0.39 is 0 Å². The number of hydrogen-bond acceptors (Lipinski definition) is 4. The van der Waals surface area contributed by atoms with Gasteiger partial charge in [-0.2, -0.15) is 0 Å². The van der Waals surface area contributed by atoms with Gasteiger partial charge in [0.25, 0.3) is 0 Å². The molecule has 17 heavy (non-hydrogen) atoms. The molecule has 0 fully saturated rings. The van der Waals surface area contributed by atoms with E-state index in [1.807, 2.05) is 18.4 Å². The zero-order chi connectivity index (χ0) is 12.3. The summed E-state index contributed by atoms with van der Waals surface area (Å²) >= 11 is 1.70. The predicted octanol–water partition coefficient (Wildman–Crippen LogP) is 3.03. The number of anilines is 1. The summed E-state index contributed by atoms with van der Waals surface area (Å²) in [6.45, 7) is 3.64. The number of nitrogens with one attached hydrogen (secondary N) is 1. The molecule has 0 aliphatic heterocycles. The van der Waals surface area contributed by atoms with E-state index in [1.54, 1.807) is 18.3 Å². The van der Waals surface area contributed by atoms with Crippen LogP contribution < -0.4 is 5.32 Å². The van der Waals surface area contributed by atoms with Crippen LogP contribution in [0.25, 0.3) is 0 Å². The Labute approximate surface area is 104 Å². The van der Waals surface area contributed by atoms with Gasteiger partial charge >= 0.3 is 0 Å². The number of aryl methyl sites for hydroxylation is 1. The Balaban J connectivity index is 2.03. The molecule has 1 N–H and O–H groups in total. The van der Waals surface area contributed by atoms with Crippen molar-refractivity contribution in [3.63, 3.8) is 0 Å². The number of nitrogens with zero attached hydrogens (tertiary/aromatic N) is 2. The minimum atomic E-state index is -0.370. The molecule has 0 saturated carbocycles. The van der Waals surface area contributed by atoms with Gasteiger partial charge < -0.3 is 5.32 Å². The largest absolute Gasteiger partial charge is 0.365 e. The fraction of sp³-hybridized carbons (Fsp3) is 0.333. The fourth-order valence-corrected chi connectivity index (χ4v) is 2.41. The number of hydrogen-bond donors (Lipinski definition) is 1. The van der Waals surface area contributed by atoms with Gasteiger partial charge in [-0.25, -0.2) is 14.4 Å². The molecule has 1 atom stereocenters. The molecule has 0 aliphatic carbocycles. The molecular weight excluding hydrogens is 237 g/mol. The molecule has 1 unspecified atom stereocenters. The maximum Gasteiger partial charge on any atom is 0.186 e. The molecule has 0 spiro atoms. The Morgan fingerprint density at radius 3 is 3.00 bits per heavy atom. The van der Waals surface area contributed by atoms with Crippen LogP contribution in [0.15, 0.2) is 23.8 Å². The Bertz CT molecular complexity index is 485. The van der Waals surface area contributed by atoms with E-state index in [9.17, 15) is 4.39 Å². The van der Waals surface area contributed by atoms with Crippen molar-refractivity contribution < 1.29 is 4.39 Å². The molecule has 2 heterocycles. The molecule has 2 aromatic rings. The van der Waals surface area contributed by atoms with Crippen molar-refractivity contribution in [1.29, 1.82) is 0 Å². The van der Waals surface area contributed by atoms with E-state index in [4.69, 9.17) is 0 Å². The third-order valence-corrected chi connectivity index (χ3v) is 3.33. The highest BCUT2D eigenvalue weighted by Gasteiger charge is 2.11. The minimum Gasteiger partial charge on any atom is -0.365 e. The summed E-state index contributed by atoms with van der Waals surface area (Å²) in [5, 5.41) is 5.11. The zero-order valence-corrected chi connectivity index (χ0v) is 10.6. The van der Waals surface area contributed by atoms with E-state index in [0.717, 1.165) is 6.42 Å². The first kappa shape index (κ1) is 12.0. The van der Waals surface area contributed by atoms with E-state index in [0.29, 0.717) is 5.69 Å². The summed E-state index contributed by atoms with van der Waals surface area (Å²) < 4.78 is 13.7. The summed E-state index contributed by atoms with van der Waals surface area (Å²) in [7, 11) is 0. The normalized spacial score (nSPS) is 12.4. The van der Waals surface area contributed by atoms with Crippen molar-refractivity contribution in [1.82, 2.24) is 9.97 Å². The number of halogens is 1. The Hall–Kier alpha value is -1.49. The summed E-state index contributed by atoms with van der Waals surface area (Å²) in [6, 6.07) is 4.23. The highest BCUT2D eigenvalue weighted by molar-refractivity contribution is 7.09. The highest BCUT2D eigenvalue weighted by Crippen LogP contribution is 2.16. The van der Waals surface area contributed by atoms with E-state index in [2.05, 4.69) is 21.4 Å². The number of aromatic nitrogens is 2. The molecule has 90 valence electrons. The van der Waals surface area contributed by atoms with E-state index >= 15 is 0 Å². The van der Waals surface area contributed by atoms with Gasteiger partial charge in [-0.1, -0.05) is 6.07 Å². The number of thiophene rings is 1. The second kappa shape index (κ2) is 5.23. The Morgan fingerprint density at radius 2 is 2.29 bits per heavy atom. The lowest BCUT2D eigenvalue weighted by atomic mass is 10.2. The van der Waals surface area contributed by atoms with Crippen molar-refractivity contribution in [2.45, 2.75) is 26.3 Å². The average Bonchev–Trinajstić information content (AvgIpc) is 2.77. The van der Waals surface area contributed by atoms with Gasteiger partial charge in [-0.3, -0.25) is 0 Å². The molecule has 2 rings (SSSR count). The van der Waals surface area contributed by atoms with Gasteiger partial charge in [0.15, 0.2) is 11.6 Å². The molecule has 0 bridgehead atoms. The van der Waals surface area contributed by atoms with E-state index in [-0.39, 0.29) is 17.7 Å². The first-order valence-electron chi connectivity index (χ1n) is 5.43. The second-order valence-electron chi connectivity index (χ2n) is 3.95. The smallest absolute Gasteiger partial charge is 0.186 e. The van der Waals surface area contributed by atoms with Crippen LogP contribution in [0.4, 0.5) is 10.2 Å². The molecule has 2 aromatic heterocycles. The van der Waals surface area contributed by atoms with E-state index in [1.165, 1.54) is 11.2 Å². The molecular formula is C12H14FN3S. The van der Waals surface area contributed by atoms with Crippen molar-refractivity contribution in [3.05, 3.63) is 40.2 Å². The monoisotopic (exact) mass is 251 g/mol. The maximum atomic E-state index is 13.7. The van der Waals surface area contributed by atoms with Crippen molar-refractivity contribution >= 4 is 17.2 Å². The molecule has 0 saturated heterocycles. The zero-order valence-electron chi connectivity index (χ0n) is 9.77. The van der Waals surface area contributed by atoms with Gasteiger partial charge in [0.2, 0.25) is 0 Å². The molecule has 0 amide bonds. The van der Waals surface area contributed by atoms with Crippen LogP contribution in [-0.2, 0) is 6.42 Å². The lowest BCUT2D eigenvalue weighted by molar-refractivity contribution is 0.600. The van der Waals surface area contributed by atoms with Crippen molar-refractivity contribution in [2.24, 2.45) is 0 Å². The third-order valence-electron chi connectivity index (χ3n) is 2.43. The van der Waals surface area contributed by atoms with Crippen LogP contribution >= 0.6 is 11.3 Å². The lowest BCUT2D eigenvalue weighted by Crippen LogP contribution is -2.19. The predicted molar refractivity (Wildman–Crippen MR) is 67.8 cm³/mol. The van der Waals surface area contributed by atoms with Gasteiger partial charge in [-0.05, 0) is 25.3 Å². The van der Waals surface area contributed by atoms with Gasteiger partial charge in [-0.15, -0.1) is 11.3 Å². The molecule has 5 heteroatoms.